The van der Waals surface area contributed by atoms with Crippen molar-refractivity contribution < 1.29 is 29.7 Å². The molecule has 1 aliphatic rings. The predicted octanol–water partition coefficient (Wildman–Crippen LogP) is 3.29. The van der Waals surface area contributed by atoms with E-state index in [4.69, 9.17) is 15.3 Å². The Labute approximate surface area is 127 Å². The second kappa shape index (κ2) is 7.97. The largest absolute Gasteiger partial charge is 0.478 e. The van der Waals surface area contributed by atoms with Gasteiger partial charge in [0.05, 0.1) is 16.7 Å². The molecule has 1 aromatic rings. The number of hydrogen-bond acceptors (Lipinski definition) is 3. The molecule has 6 nitrogen and oxygen atoms in total. The standard InChI is InChI=1S/C9H6O6.C7H12/c10-7(11)4-1-2-5(8(12)13)6(3-4)9(14)15;1-7-5-3-2-4-6-7/h1-3H,(H,10,11)(H,12,13)(H,14,15);5H,2-4,6H2,1H3. The topological polar surface area (TPSA) is 112 Å². The highest BCUT2D eigenvalue weighted by Gasteiger charge is 2.17. The van der Waals surface area contributed by atoms with Gasteiger partial charge in [0, 0.05) is 0 Å². The van der Waals surface area contributed by atoms with Crippen LogP contribution in [0.1, 0.15) is 63.7 Å². The van der Waals surface area contributed by atoms with Crippen LogP contribution in [0.2, 0.25) is 0 Å². The average molecular weight is 306 g/mol. The van der Waals surface area contributed by atoms with Crippen molar-refractivity contribution in [3.63, 3.8) is 0 Å². The summed E-state index contributed by atoms with van der Waals surface area (Å²) in [6.45, 7) is 2.22. The van der Waals surface area contributed by atoms with Crippen LogP contribution in [-0.4, -0.2) is 33.2 Å². The van der Waals surface area contributed by atoms with Crippen molar-refractivity contribution >= 4 is 17.9 Å². The van der Waals surface area contributed by atoms with Crippen molar-refractivity contribution in [2.75, 3.05) is 0 Å². The minimum absolute atomic E-state index is 0.266. The summed E-state index contributed by atoms with van der Waals surface area (Å²) in [7, 11) is 0. The minimum atomic E-state index is -1.48. The number of carboxylic acid groups (broad SMARTS) is 3. The fraction of sp³-hybridized carbons (Fsp3) is 0.312. The second-order valence-electron chi connectivity index (χ2n) is 4.97. The molecular weight excluding hydrogens is 288 g/mol. The lowest BCUT2D eigenvalue weighted by atomic mass is 10.0. The van der Waals surface area contributed by atoms with E-state index in [1.807, 2.05) is 0 Å². The van der Waals surface area contributed by atoms with Gasteiger partial charge in [0.2, 0.25) is 0 Å². The van der Waals surface area contributed by atoms with Crippen molar-refractivity contribution in [1.29, 1.82) is 0 Å². The summed E-state index contributed by atoms with van der Waals surface area (Å²) in [5, 5.41) is 25.9. The maximum Gasteiger partial charge on any atom is 0.336 e. The molecule has 0 atom stereocenters. The molecule has 22 heavy (non-hydrogen) atoms. The summed E-state index contributed by atoms with van der Waals surface area (Å²) >= 11 is 0. The van der Waals surface area contributed by atoms with Crippen molar-refractivity contribution in [2.24, 2.45) is 0 Å². The lowest BCUT2D eigenvalue weighted by Gasteiger charge is -2.05. The Kier molecular flexibility index (Phi) is 6.31. The number of aromatic carboxylic acids is 3. The van der Waals surface area contributed by atoms with E-state index in [1.165, 1.54) is 25.7 Å². The first kappa shape index (κ1) is 17.4. The molecule has 0 spiro atoms. The molecule has 1 aliphatic carbocycles. The molecule has 0 aromatic heterocycles. The Morgan fingerprint density at radius 2 is 1.55 bits per heavy atom. The van der Waals surface area contributed by atoms with Crippen LogP contribution in [-0.2, 0) is 0 Å². The van der Waals surface area contributed by atoms with Crippen LogP contribution >= 0.6 is 0 Å². The summed E-state index contributed by atoms with van der Waals surface area (Å²) < 4.78 is 0. The first-order valence-electron chi connectivity index (χ1n) is 6.82. The molecule has 0 saturated heterocycles. The van der Waals surface area contributed by atoms with E-state index < -0.39 is 29.0 Å². The molecule has 0 aliphatic heterocycles. The van der Waals surface area contributed by atoms with E-state index >= 15 is 0 Å². The summed E-state index contributed by atoms with van der Waals surface area (Å²) in [6.07, 6.45) is 7.86. The first-order chi connectivity index (χ1) is 10.3. The molecule has 0 unspecified atom stereocenters. The Balaban J connectivity index is 0.000000287. The van der Waals surface area contributed by atoms with Crippen LogP contribution in [0.5, 0.6) is 0 Å². The zero-order valence-corrected chi connectivity index (χ0v) is 12.2. The van der Waals surface area contributed by atoms with Gasteiger partial charge in [-0.15, -0.1) is 0 Å². The van der Waals surface area contributed by atoms with Gasteiger partial charge in [0.25, 0.3) is 0 Å². The van der Waals surface area contributed by atoms with E-state index in [0.29, 0.717) is 0 Å². The summed E-state index contributed by atoms with van der Waals surface area (Å²) in [5.74, 6) is -4.20. The highest BCUT2D eigenvalue weighted by atomic mass is 16.4. The van der Waals surface area contributed by atoms with Crippen LogP contribution in [0.25, 0.3) is 0 Å². The molecular formula is C16H18O6. The van der Waals surface area contributed by atoms with Gasteiger partial charge in [0.15, 0.2) is 0 Å². The monoisotopic (exact) mass is 306 g/mol. The van der Waals surface area contributed by atoms with Crippen LogP contribution in [0.3, 0.4) is 0 Å². The Bertz CT molecular complexity index is 615. The van der Waals surface area contributed by atoms with Crippen molar-refractivity contribution in [3.05, 3.63) is 46.5 Å². The lowest BCUT2D eigenvalue weighted by molar-refractivity contribution is 0.0649. The van der Waals surface area contributed by atoms with E-state index in [2.05, 4.69) is 13.0 Å². The van der Waals surface area contributed by atoms with Gasteiger partial charge >= 0.3 is 17.9 Å². The predicted molar refractivity (Wildman–Crippen MR) is 79.5 cm³/mol. The van der Waals surface area contributed by atoms with Gasteiger partial charge < -0.3 is 15.3 Å². The first-order valence-corrected chi connectivity index (χ1v) is 6.82. The van der Waals surface area contributed by atoms with Gasteiger partial charge in [-0.25, -0.2) is 14.4 Å². The second-order valence-corrected chi connectivity index (χ2v) is 4.97. The number of hydrogen-bond donors (Lipinski definition) is 3. The molecule has 6 heteroatoms. The zero-order valence-electron chi connectivity index (χ0n) is 12.2. The number of allylic oxidation sites excluding steroid dienone is 2. The molecule has 0 radical (unpaired) electrons. The van der Waals surface area contributed by atoms with Crippen LogP contribution in [0.4, 0.5) is 0 Å². The minimum Gasteiger partial charge on any atom is -0.478 e. The number of carboxylic acids is 3. The van der Waals surface area contributed by atoms with Crippen LogP contribution in [0.15, 0.2) is 29.8 Å². The summed E-state index contributed by atoms with van der Waals surface area (Å²) in [5.41, 5.74) is 0.346. The summed E-state index contributed by atoms with van der Waals surface area (Å²) in [4.78, 5) is 31.8. The van der Waals surface area contributed by atoms with Gasteiger partial charge in [0.1, 0.15) is 0 Å². The quantitative estimate of drug-likeness (QED) is 0.739. The Morgan fingerprint density at radius 1 is 0.909 bits per heavy atom. The Hall–Kier alpha value is -2.63. The molecule has 3 N–H and O–H groups in total. The van der Waals surface area contributed by atoms with E-state index in [-0.39, 0.29) is 5.56 Å². The molecule has 1 aromatic carbocycles. The smallest absolute Gasteiger partial charge is 0.336 e. The maximum absolute atomic E-state index is 10.6. The fourth-order valence-corrected chi connectivity index (χ4v) is 2.04. The third-order valence-corrected chi connectivity index (χ3v) is 3.25. The van der Waals surface area contributed by atoms with E-state index in [0.717, 1.165) is 18.2 Å². The highest BCUT2D eigenvalue weighted by Crippen LogP contribution is 2.15. The summed E-state index contributed by atoms with van der Waals surface area (Å²) in [6, 6.07) is 2.81. The molecule has 2 rings (SSSR count). The third-order valence-electron chi connectivity index (χ3n) is 3.25. The molecule has 0 bridgehead atoms. The molecule has 0 saturated carbocycles. The van der Waals surface area contributed by atoms with Gasteiger partial charge in [-0.2, -0.15) is 0 Å². The van der Waals surface area contributed by atoms with E-state index in [1.54, 1.807) is 5.57 Å². The normalized spacial score (nSPS) is 13.4. The van der Waals surface area contributed by atoms with E-state index in [9.17, 15) is 14.4 Å². The molecule has 118 valence electrons. The SMILES string of the molecule is CC1=CCCCC1.O=C(O)c1ccc(C(=O)O)c(C(=O)O)c1. The maximum atomic E-state index is 10.6. The van der Waals surface area contributed by atoms with Crippen LogP contribution in [0, 0.1) is 0 Å². The third kappa shape index (κ3) is 5.05. The van der Waals surface area contributed by atoms with Gasteiger partial charge in [-0.3, -0.25) is 0 Å². The van der Waals surface area contributed by atoms with Crippen molar-refractivity contribution in [1.82, 2.24) is 0 Å². The molecule has 0 amide bonds. The van der Waals surface area contributed by atoms with Crippen molar-refractivity contribution in [3.8, 4) is 0 Å². The molecule has 0 fully saturated rings. The average Bonchev–Trinajstić information content (AvgIpc) is 2.47. The number of rotatable bonds is 3. The number of benzene rings is 1. The highest BCUT2D eigenvalue weighted by molar-refractivity contribution is 6.03. The zero-order chi connectivity index (χ0) is 16.7. The van der Waals surface area contributed by atoms with Gasteiger partial charge in [-0.1, -0.05) is 11.6 Å². The Morgan fingerprint density at radius 3 is 1.91 bits per heavy atom. The van der Waals surface area contributed by atoms with Gasteiger partial charge in [-0.05, 0) is 50.8 Å². The lowest BCUT2D eigenvalue weighted by Crippen LogP contribution is -2.10. The fourth-order valence-electron chi connectivity index (χ4n) is 2.04. The van der Waals surface area contributed by atoms with Crippen molar-refractivity contribution in [2.45, 2.75) is 32.6 Å². The van der Waals surface area contributed by atoms with Crippen LogP contribution < -0.4 is 0 Å². The number of carbonyl (C=O) groups is 3. The molecule has 0 heterocycles.